The Morgan fingerprint density at radius 1 is 1.15 bits per heavy atom. The molecule has 13 nitrogen and oxygen atoms in total. The van der Waals surface area contributed by atoms with Crippen LogP contribution in [0, 0.1) is 22.7 Å². The Morgan fingerprint density at radius 3 is 2.46 bits per heavy atom. The van der Waals surface area contributed by atoms with E-state index in [-0.39, 0.29) is 25.3 Å². The highest BCUT2D eigenvalue weighted by Gasteiger charge is 2.67. The van der Waals surface area contributed by atoms with Crippen molar-refractivity contribution in [2.24, 2.45) is 11.3 Å². The maximum absolute atomic E-state index is 14.2. The molecule has 3 aliphatic rings. The number of nitrogens with one attached hydrogen (secondary N) is 3. The third-order valence-electron chi connectivity index (χ3n) is 9.91. The van der Waals surface area contributed by atoms with Crippen LogP contribution >= 0.6 is 11.6 Å². The quantitative estimate of drug-likeness (QED) is 0.225. The first-order valence-electron chi connectivity index (χ1n) is 17.0. The summed E-state index contributed by atoms with van der Waals surface area (Å²) in [6.07, 6.45) is 3.58. The Hall–Kier alpha value is -4.71. The van der Waals surface area contributed by atoms with E-state index in [1.807, 2.05) is 20.8 Å². The van der Waals surface area contributed by atoms with Gasteiger partial charge in [-0.1, -0.05) is 38.4 Å². The minimum atomic E-state index is -3.91. The summed E-state index contributed by atoms with van der Waals surface area (Å²) in [4.78, 5) is 48.2. The molecule has 0 bridgehead atoms. The van der Waals surface area contributed by atoms with Crippen molar-refractivity contribution in [2.45, 2.75) is 75.4 Å². The van der Waals surface area contributed by atoms with E-state index in [1.54, 1.807) is 53.4 Å². The molecule has 1 aromatic heterocycles. The van der Waals surface area contributed by atoms with Gasteiger partial charge in [-0.05, 0) is 67.1 Å². The molecule has 1 aliphatic heterocycles. The highest BCUT2D eigenvalue weighted by Crippen LogP contribution is 2.53. The number of sulfonamides is 1. The minimum Gasteiger partial charge on any atom is -0.494 e. The molecule has 5 atom stereocenters. The number of benzene rings is 2. The summed E-state index contributed by atoms with van der Waals surface area (Å²) in [5, 5.41) is 16.0. The second-order valence-electron chi connectivity index (χ2n) is 14.6. The summed E-state index contributed by atoms with van der Waals surface area (Å²) in [7, 11) is -2.39. The van der Waals surface area contributed by atoms with Crippen molar-refractivity contribution in [3.8, 4) is 17.7 Å². The summed E-state index contributed by atoms with van der Waals surface area (Å²) in [6.45, 7) is 9.46. The zero-order chi connectivity index (χ0) is 37.6. The number of hydrogen-bond donors (Lipinski definition) is 3. The van der Waals surface area contributed by atoms with Gasteiger partial charge in [0.15, 0.2) is 0 Å². The molecule has 1 saturated heterocycles. The monoisotopic (exact) mass is 748 g/mol. The number of carbonyl (C=O) groups excluding carboxylic acids is 3. The van der Waals surface area contributed by atoms with E-state index in [0.29, 0.717) is 45.6 Å². The number of nitriles is 1. The normalized spacial score (nSPS) is 23.6. The number of imide groups is 1. The van der Waals surface area contributed by atoms with E-state index in [4.69, 9.17) is 21.1 Å². The topological polar surface area (TPSA) is 180 Å². The predicted molar refractivity (Wildman–Crippen MR) is 195 cm³/mol. The van der Waals surface area contributed by atoms with Crippen molar-refractivity contribution in [1.82, 2.24) is 19.9 Å². The minimum absolute atomic E-state index is 0.0372. The number of carbonyl (C=O) groups is 3. The fraction of sp³-hybridized carbons (Fsp3) is 0.432. The van der Waals surface area contributed by atoms with Gasteiger partial charge in [-0.2, -0.15) is 5.26 Å². The molecule has 52 heavy (non-hydrogen) atoms. The van der Waals surface area contributed by atoms with E-state index >= 15 is 0 Å². The summed E-state index contributed by atoms with van der Waals surface area (Å²) in [5.41, 5.74) is -1.05. The van der Waals surface area contributed by atoms with Crippen LogP contribution in [0.15, 0.2) is 61.3 Å². The smallest absolute Gasteiger partial charge is 0.254 e. The molecule has 0 unspecified atom stereocenters. The van der Waals surface area contributed by atoms with Gasteiger partial charge < -0.3 is 14.8 Å². The number of aromatic nitrogens is 1. The number of halogens is 1. The van der Waals surface area contributed by atoms with Crippen LogP contribution in [0.1, 0.15) is 52.0 Å². The van der Waals surface area contributed by atoms with Crippen LogP contribution in [0.2, 0.25) is 5.02 Å². The highest BCUT2D eigenvalue weighted by molar-refractivity contribution is 7.91. The van der Waals surface area contributed by atoms with Crippen LogP contribution < -0.4 is 24.8 Å². The molecule has 3 amide bonds. The van der Waals surface area contributed by atoms with Gasteiger partial charge in [0.05, 0.1) is 36.2 Å². The number of fused-ring (bicyclic) bond motifs is 1. The zero-order valence-electron chi connectivity index (χ0n) is 29.3. The van der Waals surface area contributed by atoms with Gasteiger partial charge in [-0.3, -0.25) is 29.3 Å². The number of pyridine rings is 1. The molecule has 274 valence electrons. The molecule has 3 fully saturated rings. The van der Waals surface area contributed by atoms with E-state index in [9.17, 15) is 28.1 Å². The van der Waals surface area contributed by atoms with Gasteiger partial charge in [0.1, 0.15) is 23.4 Å². The summed E-state index contributed by atoms with van der Waals surface area (Å²) < 4.78 is 40.1. The van der Waals surface area contributed by atoms with Gasteiger partial charge in [-0.15, -0.1) is 6.58 Å². The Morgan fingerprint density at radius 2 is 1.87 bits per heavy atom. The SMILES string of the molecule is C=C[C@@H]1C[C@@]1(C(=O)NS(=O)(=O)C1CC1)N1C[C@H](Oc2ncc(OC)c3ccc(Cl)cc23)C[C@H]1C(=O)NC(=O)[C@@H](Nc1ccc(C#N)cc1)C(C)(C)C. The number of amides is 3. The lowest BCUT2D eigenvalue weighted by atomic mass is 9.85. The number of hydrogen-bond acceptors (Lipinski definition) is 11. The van der Waals surface area contributed by atoms with Crippen LogP contribution in [0.5, 0.6) is 11.6 Å². The van der Waals surface area contributed by atoms with Crippen LogP contribution in [-0.2, 0) is 24.4 Å². The Balaban J connectivity index is 1.31. The molecule has 2 saturated carbocycles. The molecule has 0 radical (unpaired) electrons. The molecular weight excluding hydrogens is 708 g/mol. The van der Waals surface area contributed by atoms with Crippen LogP contribution in [0.3, 0.4) is 0 Å². The second kappa shape index (κ2) is 14.0. The van der Waals surface area contributed by atoms with Crippen molar-refractivity contribution >= 4 is 55.8 Å². The Labute approximate surface area is 307 Å². The number of likely N-dealkylation sites (tertiary alicyclic amines) is 1. The molecular formula is C37H41ClN6O7S. The summed E-state index contributed by atoms with van der Waals surface area (Å²) in [5.74, 6) is -1.76. The van der Waals surface area contributed by atoms with Gasteiger partial charge in [0.25, 0.3) is 5.91 Å². The molecule has 3 aromatic rings. The fourth-order valence-electron chi connectivity index (χ4n) is 6.87. The third kappa shape index (κ3) is 7.30. The lowest BCUT2D eigenvalue weighted by Gasteiger charge is -2.34. The van der Waals surface area contributed by atoms with Gasteiger partial charge in [0.2, 0.25) is 27.7 Å². The standard InChI is InChI=1S/C37H41ClN6O7S/c1-6-22-17-37(22,35(47)43-52(48,49)26-12-13-26)44-20-25(51-34-28-15-23(38)9-14-27(28)30(50-5)19-40-34)16-29(44)32(45)42-33(46)31(36(2,3)4)41-24-10-7-21(18-39)8-11-24/h6-11,14-15,19,22,25-26,29,31,41H,1,12-13,16-17,20H2,2-5H3,(H,43,47)(H,42,45,46)/t22-,25-,29+,31-,37-/m1/s1. The molecule has 2 aliphatic carbocycles. The number of ether oxygens (including phenoxy) is 2. The van der Waals surface area contributed by atoms with E-state index in [1.165, 1.54) is 13.3 Å². The maximum atomic E-state index is 14.2. The van der Waals surface area contributed by atoms with Crippen molar-refractivity contribution in [1.29, 1.82) is 5.26 Å². The lowest BCUT2D eigenvalue weighted by molar-refractivity contribution is -0.136. The first-order chi connectivity index (χ1) is 24.6. The molecule has 0 spiro atoms. The molecule has 2 aromatic carbocycles. The van der Waals surface area contributed by atoms with Crippen molar-refractivity contribution in [3.63, 3.8) is 0 Å². The first kappa shape index (κ1) is 37.1. The number of methoxy groups -OCH3 is 1. The molecule has 6 rings (SSSR count). The number of rotatable bonds is 12. The average Bonchev–Trinajstić information content (AvgIpc) is 4.03. The molecule has 2 heterocycles. The third-order valence-corrected chi connectivity index (χ3v) is 12.0. The molecule has 15 heteroatoms. The largest absolute Gasteiger partial charge is 0.494 e. The summed E-state index contributed by atoms with van der Waals surface area (Å²) in [6, 6.07) is 11.9. The lowest BCUT2D eigenvalue weighted by Crippen LogP contribution is -2.59. The van der Waals surface area contributed by atoms with Crippen molar-refractivity contribution < 1.29 is 32.3 Å². The van der Waals surface area contributed by atoms with Crippen LogP contribution in [-0.4, -0.2) is 78.7 Å². The average molecular weight is 749 g/mol. The first-order valence-corrected chi connectivity index (χ1v) is 18.9. The van der Waals surface area contributed by atoms with Gasteiger partial charge >= 0.3 is 0 Å². The van der Waals surface area contributed by atoms with E-state index < -0.39 is 68.1 Å². The maximum Gasteiger partial charge on any atom is 0.254 e. The van der Waals surface area contributed by atoms with E-state index in [2.05, 4.69) is 33.0 Å². The van der Waals surface area contributed by atoms with Crippen LogP contribution in [0.25, 0.3) is 10.8 Å². The highest BCUT2D eigenvalue weighted by atomic mass is 35.5. The van der Waals surface area contributed by atoms with Crippen molar-refractivity contribution in [2.75, 3.05) is 19.0 Å². The van der Waals surface area contributed by atoms with Crippen molar-refractivity contribution in [3.05, 3.63) is 71.9 Å². The van der Waals surface area contributed by atoms with Gasteiger partial charge in [-0.25, -0.2) is 13.4 Å². The molecule has 3 N–H and O–H groups in total. The Bertz CT molecular complexity index is 2080. The Kier molecular flexibility index (Phi) is 9.99. The fourth-order valence-corrected chi connectivity index (χ4v) is 8.40. The van der Waals surface area contributed by atoms with Gasteiger partial charge in [0, 0.05) is 40.4 Å². The summed E-state index contributed by atoms with van der Waals surface area (Å²) >= 11 is 6.34. The van der Waals surface area contributed by atoms with Crippen LogP contribution in [0.4, 0.5) is 5.69 Å². The van der Waals surface area contributed by atoms with E-state index in [0.717, 1.165) is 0 Å². The number of nitrogens with zero attached hydrogens (tertiary/aromatic N) is 3. The number of anilines is 1. The zero-order valence-corrected chi connectivity index (χ0v) is 30.9. The second-order valence-corrected chi connectivity index (χ2v) is 17.0. The predicted octanol–water partition coefficient (Wildman–Crippen LogP) is 4.31.